The number of rotatable bonds is 6. The summed E-state index contributed by atoms with van der Waals surface area (Å²) in [6, 6.07) is 22.9. The fourth-order valence-corrected chi connectivity index (χ4v) is 3.46. The van der Waals surface area contributed by atoms with Crippen LogP contribution in [0.25, 0.3) is 11.1 Å². The van der Waals surface area contributed by atoms with Gasteiger partial charge in [-0.25, -0.2) is 0 Å². The van der Waals surface area contributed by atoms with Gasteiger partial charge in [0, 0.05) is 28.8 Å². The topological polar surface area (TPSA) is 80.3 Å². The molecule has 0 saturated carbocycles. The minimum Gasteiger partial charge on any atom is -0.405 e. The van der Waals surface area contributed by atoms with E-state index in [4.69, 9.17) is 0 Å². The van der Waals surface area contributed by atoms with Crippen molar-refractivity contribution in [3.05, 3.63) is 108 Å². The largest absolute Gasteiger partial charge is 0.573 e. The van der Waals surface area contributed by atoms with Crippen molar-refractivity contribution in [3.8, 4) is 16.9 Å². The molecule has 1 heterocycles. The number of carbonyl (C=O) groups is 2. The Bertz CT molecular complexity index is 1390. The van der Waals surface area contributed by atoms with Gasteiger partial charge >= 0.3 is 6.36 Å². The minimum atomic E-state index is -5.02. The molecule has 0 fully saturated rings. The molecule has 0 atom stereocenters. The second kappa shape index (κ2) is 10.3. The van der Waals surface area contributed by atoms with Crippen LogP contribution in [0.5, 0.6) is 5.75 Å². The number of amides is 2. The van der Waals surface area contributed by atoms with Crippen molar-refractivity contribution in [1.29, 1.82) is 0 Å². The summed E-state index contributed by atoms with van der Waals surface area (Å²) < 4.78 is 42.8. The van der Waals surface area contributed by atoms with Crippen LogP contribution < -0.4 is 15.4 Å². The van der Waals surface area contributed by atoms with Crippen LogP contribution in [0.15, 0.2) is 91.1 Å². The summed E-state index contributed by atoms with van der Waals surface area (Å²) in [6.45, 7) is 1.70. The summed E-state index contributed by atoms with van der Waals surface area (Å²) in [7, 11) is 0. The summed E-state index contributed by atoms with van der Waals surface area (Å²) in [5, 5.41) is 5.19. The number of halogens is 3. The fourth-order valence-electron chi connectivity index (χ4n) is 3.46. The maximum Gasteiger partial charge on any atom is 0.573 e. The standard InChI is InChI=1S/C27H20F3N3O3/c1-17-15-22(13-14-31-17)33-26(35)23-16-20(9-12-24(23)36-27(28,29)30)25(34)32-21-10-7-19(8-11-21)18-5-3-2-4-6-18/h2-16H,1H3,(H,32,34)(H,31,33,35). The average molecular weight is 491 g/mol. The lowest BCUT2D eigenvalue weighted by Gasteiger charge is -2.15. The third-order valence-electron chi connectivity index (χ3n) is 5.12. The Morgan fingerprint density at radius 3 is 2.11 bits per heavy atom. The van der Waals surface area contributed by atoms with Crippen LogP contribution in [0.2, 0.25) is 0 Å². The molecule has 4 rings (SSSR count). The number of pyridine rings is 1. The molecule has 4 aromatic rings. The lowest BCUT2D eigenvalue weighted by atomic mass is 10.1. The molecule has 1 aromatic heterocycles. The first-order valence-electron chi connectivity index (χ1n) is 10.8. The number of ether oxygens (including phenoxy) is 1. The summed E-state index contributed by atoms with van der Waals surface area (Å²) in [5.41, 5.74) is 2.91. The van der Waals surface area contributed by atoms with Crippen molar-refractivity contribution in [2.75, 3.05) is 10.6 Å². The molecule has 0 bridgehead atoms. The van der Waals surface area contributed by atoms with E-state index in [9.17, 15) is 22.8 Å². The number of carbonyl (C=O) groups excluding carboxylic acids is 2. The van der Waals surface area contributed by atoms with Gasteiger partial charge in [0.25, 0.3) is 11.8 Å². The fraction of sp³-hybridized carbons (Fsp3) is 0.0741. The van der Waals surface area contributed by atoms with Gasteiger partial charge in [-0.1, -0.05) is 42.5 Å². The number of alkyl halides is 3. The van der Waals surface area contributed by atoms with Crippen LogP contribution in [0.4, 0.5) is 24.5 Å². The molecule has 6 nitrogen and oxygen atoms in total. The summed E-state index contributed by atoms with van der Waals surface area (Å²) in [4.78, 5) is 29.7. The van der Waals surface area contributed by atoms with Crippen molar-refractivity contribution >= 4 is 23.2 Å². The van der Waals surface area contributed by atoms with Crippen LogP contribution in [0.3, 0.4) is 0 Å². The Morgan fingerprint density at radius 1 is 0.778 bits per heavy atom. The van der Waals surface area contributed by atoms with Gasteiger partial charge in [0.1, 0.15) is 5.75 Å². The lowest BCUT2D eigenvalue weighted by Crippen LogP contribution is -2.22. The number of hydrogen-bond acceptors (Lipinski definition) is 4. The van der Waals surface area contributed by atoms with E-state index in [0.29, 0.717) is 17.1 Å². The number of aromatic nitrogens is 1. The Balaban J connectivity index is 1.57. The molecule has 0 aliphatic heterocycles. The van der Waals surface area contributed by atoms with Crippen molar-refractivity contribution in [3.63, 3.8) is 0 Å². The molecule has 3 aromatic carbocycles. The first-order chi connectivity index (χ1) is 17.2. The van der Waals surface area contributed by atoms with Crippen LogP contribution in [-0.4, -0.2) is 23.2 Å². The molecule has 2 amide bonds. The van der Waals surface area contributed by atoms with Gasteiger partial charge in [-0.2, -0.15) is 0 Å². The van der Waals surface area contributed by atoms with Gasteiger partial charge in [-0.15, -0.1) is 13.2 Å². The highest BCUT2D eigenvalue weighted by molar-refractivity contribution is 6.10. The van der Waals surface area contributed by atoms with E-state index in [1.807, 2.05) is 42.5 Å². The van der Waals surface area contributed by atoms with Gasteiger partial charge in [0.2, 0.25) is 0 Å². The average Bonchev–Trinajstić information content (AvgIpc) is 2.84. The van der Waals surface area contributed by atoms with Crippen LogP contribution in [-0.2, 0) is 0 Å². The SMILES string of the molecule is Cc1cc(NC(=O)c2cc(C(=O)Nc3ccc(-c4ccccc4)cc3)ccc2OC(F)(F)F)ccn1. The highest BCUT2D eigenvalue weighted by Gasteiger charge is 2.33. The second-order valence-corrected chi connectivity index (χ2v) is 7.80. The van der Waals surface area contributed by atoms with Crippen LogP contribution in [0.1, 0.15) is 26.4 Å². The van der Waals surface area contributed by atoms with Gasteiger partial charge in [0.15, 0.2) is 0 Å². The van der Waals surface area contributed by atoms with E-state index in [1.54, 1.807) is 25.1 Å². The smallest absolute Gasteiger partial charge is 0.405 e. The number of benzene rings is 3. The first-order valence-corrected chi connectivity index (χ1v) is 10.8. The molecular formula is C27H20F3N3O3. The van der Waals surface area contributed by atoms with E-state index in [1.165, 1.54) is 12.3 Å². The molecule has 36 heavy (non-hydrogen) atoms. The summed E-state index contributed by atoms with van der Waals surface area (Å²) in [5.74, 6) is -2.20. The molecule has 2 N–H and O–H groups in total. The highest BCUT2D eigenvalue weighted by Crippen LogP contribution is 2.29. The molecular weight excluding hydrogens is 471 g/mol. The Kier molecular flexibility index (Phi) is 7.00. The van der Waals surface area contributed by atoms with E-state index in [0.717, 1.165) is 29.3 Å². The van der Waals surface area contributed by atoms with Crippen LogP contribution >= 0.6 is 0 Å². The van der Waals surface area contributed by atoms with Crippen molar-refractivity contribution in [1.82, 2.24) is 4.98 Å². The number of hydrogen-bond donors (Lipinski definition) is 2. The monoisotopic (exact) mass is 491 g/mol. The first kappa shape index (κ1) is 24.5. The van der Waals surface area contributed by atoms with Gasteiger partial charge < -0.3 is 15.4 Å². The molecule has 0 saturated heterocycles. The Morgan fingerprint density at radius 2 is 1.44 bits per heavy atom. The predicted octanol–water partition coefficient (Wildman–Crippen LogP) is 6.46. The third kappa shape index (κ3) is 6.26. The number of aryl methyl sites for hydroxylation is 1. The van der Waals surface area contributed by atoms with Crippen molar-refractivity contribution in [2.45, 2.75) is 13.3 Å². The molecule has 0 spiro atoms. The minimum absolute atomic E-state index is 0.0206. The lowest BCUT2D eigenvalue weighted by molar-refractivity contribution is -0.274. The molecule has 182 valence electrons. The number of anilines is 2. The van der Waals surface area contributed by atoms with E-state index < -0.39 is 29.5 Å². The zero-order valence-corrected chi connectivity index (χ0v) is 19.0. The quantitative estimate of drug-likeness (QED) is 0.324. The third-order valence-corrected chi connectivity index (χ3v) is 5.12. The zero-order valence-electron chi connectivity index (χ0n) is 19.0. The van der Waals surface area contributed by atoms with Crippen molar-refractivity contribution in [2.24, 2.45) is 0 Å². The Hall–Kier alpha value is -4.66. The molecule has 0 aliphatic carbocycles. The van der Waals surface area contributed by atoms with E-state index in [-0.39, 0.29) is 5.56 Å². The molecule has 0 radical (unpaired) electrons. The maximum atomic E-state index is 12.9. The van der Waals surface area contributed by atoms with Gasteiger partial charge in [-0.05, 0) is 60.5 Å². The van der Waals surface area contributed by atoms with Gasteiger partial charge in [-0.3, -0.25) is 14.6 Å². The van der Waals surface area contributed by atoms with Gasteiger partial charge in [0.05, 0.1) is 5.56 Å². The summed E-state index contributed by atoms with van der Waals surface area (Å²) in [6.07, 6.45) is -3.57. The zero-order chi connectivity index (χ0) is 25.7. The van der Waals surface area contributed by atoms with Crippen molar-refractivity contribution < 1.29 is 27.5 Å². The molecule has 9 heteroatoms. The number of nitrogens with one attached hydrogen (secondary N) is 2. The molecule has 0 unspecified atom stereocenters. The van der Waals surface area contributed by atoms with Crippen LogP contribution in [0, 0.1) is 6.92 Å². The van der Waals surface area contributed by atoms with E-state index >= 15 is 0 Å². The number of nitrogens with zero attached hydrogens (tertiary/aromatic N) is 1. The predicted molar refractivity (Wildman–Crippen MR) is 130 cm³/mol. The molecule has 0 aliphatic rings. The summed E-state index contributed by atoms with van der Waals surface area (Å²) >= 11 is 0. The highest BCUT2D eigenvalue weighted by atomic mass is 19.4. The Labute approximate surface area is 204 Å². The van der Waals surface area contributed by atoms with E-state index in [2.05, 4.69) is 20.4 Å². The second-order valence-electron chi connectivity index (χ2n) is 7.80. The normalized spacial score (nSPS) is 11.0. The maximum absolute atomic E-state index is 12.9.